The number of benzene rings is 2. The molecule has 0 unspecified atom stereocenters. The van der Waals surface area contributed by atoms with Gasteiger partial charge in [-0.25, -0.2) is 4.79 Å². The predicted molar refractivity (Wildman–Crippen MR) is 111 cm³/mol. The van der Waals surface area contributed by atoms with Crippen LogP contribution in [0.5, 0.6) is 0 Å². The first kappa shape index (κ1) is 20.7. The van der Waals surface area contributed by atoms with E-state index in [1.165, 1.54) is 0 Å². The zero-order chi connectivity index (χ0) is 18.4. The predicted octanol–water partition coefficient (Wildman–Crippen LogP) is 3.50. The summed E-state index contributed by atoms with van der Waals surface area (Å²) in [6, 6.07) is 14.3. The van der Waals surface area contributed by atoms with Gasteiger partial charge in [0.2, 0.25) is 0 Å². The van der Waals surface area contributed by atoms with E-state index in [1.807, 2.05) is 54.3 Å². The molecule has 3 amide bonds. The van der Waals surface area contributed by atoms with E-state index in [9.17, 15) is 9.59 Å². The Bertz CT molecular complexity index is 775. The van der Waals surface area contributed by atoms with Gasteiger partial charge in [0.1, 0.15) is 0 Å². The molecule has 3 N–H and O–H groups in total. The molecule has 6 nitrogen and oxygen atoms in total. The average molecular weight is 389 g/mol. The number of aryl methyl sites for hydroxylation is 1. The van der Waals surface area contributed by atoms with Crippen molar-refractivity contribution in [2.24, 2.45) is 0 Å². The maximum absolute atomic E-state index is 12.8. The summed E-state index contributed by atoms with van der Waals surface area (Å²) in [5.41, 5.74) is 2.85. The van der Waals surface area contributed by atoms with Crippen LogP contribution in [-0.2, 0) is 0 Å². The molecule has 0 aliphatic carbocycles. The van der Waals surface area contributed by atoms with E-state index in [2.05, 4.69) is 16.0 Å². The number of carbonyl (C=O) groups is 2. The quantitative estimate of drug-likeness (QED) is 0.753. The molecule has 0 bridgehead atoms. The smallest absolute Gasteiger partial charge is 0.323 e. The molecule has 0 atom stereocenters. The van der Waals surface area contributed by atoms with E-state index < -0.39 is 0 Å². The van der Waals surface area contributed by atoms with Gasteiger partial charge in [-0.05, 0) is 49.7 Å². The van der Waals surface area contributed by atoms with Crippen molar-refractivity contribution in [1.29, 1.82) is 0 Å². The zero-order valence-electron chi connectivity index (χ0n) is 15.3. The second kappa shape index (κ2) is 9.94. The molecular weight excluding hydrogens is 364 g/mol. The van der Waals surface area contributed by atoms with Gasteiger partial charge in [0.05, 0.1) is 0 Å². The minimum Gasteiger partial charge on any atom is -0.337 e. The SMILES string of the molecule is Cc1ccc(C(=O)N2CCCNCC2)cc1NC(=O)Nc1ccccc1.Cl. The third kappa shape index (κ3) is 5.70. The molecule has 1 saturated heterocycles. The second-order valence-corrected chi connectivity index (χ2v) is 6.37. The van der Waals surface area contributed by atoms with Crippen molar-refractivity contribution in [1.82, 2.24) is 10.2 Å². The van der Waals surface area contributed by atoms with E-state index in [4.69, 9.17) is 0 Å². The van der Waals surface area contributed by atoms with Gasteiger partial charge in [-0.1, -0.05) is 24.3 Å². The monoisotopic (exact) mass is 388 g/mol. The lowest BCUT2D eigenvalue weighted by molar-refractivity contribution is 0.0766. The number of hydrogen-bond acceptors (Lipinski definition) is 3. The molecule has 1 fully saturated rings. The lowest BCUT2D eigenvalue weighted by Gasteiger charge is -2.20. The largest absolute Gasteiger partial charge is 0.337 e. The van der Waals surface area contributed by atoms with Crippen molar-refractivity contribution in [2.45, 2.75) is 13.3 Å². The first-order valence-corrected chi connectivity index (χ1v) is 8.87. The lowest BCUT2D eigenvalue weighted by atomic mass is 10.1. The standard InChI is InChI=1S/C20H24N4O2.ClH/c1-15-8-9-16(19(25)24-12-5-10-21-11-13-24)14-18(15)23-20(26)22-17-6-3-2-4-7-17;/h2-4,6-9,14,21H,5,10-13H2,1H3,(H2,22,23,26);1H. The fourth-order valence-corrected chi connectivity index (χ4v) is 2.93. The Kier molecular flexibility index (Phi) is 7.64. The molecule has 144 valence electrons. The first-order chi connectivity index (χ1) is 12.6. The van der Waals surface area contributed by atoms with Gasteiger partial charge < -0.3 is 20.9 Å². The molecule has 1 aliphatic heterocycles. The Balaban J connectivity index is 0.00000261. The van der Waals surface area contributed by atoms with Crippen LogP contribution in [-0.4, -0.2) is 43.0 Å². The van der Waals surface area contributed by atoms with Gasteiger partial charge in [0.15, 0.2) is 0 Å². The van der Waals surface area contributed by atoms with Gasteiger partial charge in [0.25, 0.3) is 5.91 Å². The molecule has 2 aromatic carbocycles. The Labute approximate surface area is 165 Å². The number of nitrogens with one attached hydrogen (secondary N) is 3. The topological polar surface area (TPSA) is 73.5 Å². The summed E-state index contributed by atoms with van der Waals surface area (Å²) in [5.74, 6) is 0.000201. The van der Waals surface area contributed by atoms with Gasteiger partial charge in [-0.15, -0.1) is 12.4 Å². The summed E-state index contributed by atoms with van der Waals surface area (Å²) in [6.07, 6.45) is 0.947. The number of urea groups is 1. The third-order valence-electron chi connectivity index (χ3n) is 4.39. The van der Waals surface area contributed by atoms with Gasteiger partial charge >= 0.3 is 6.03 Å². The maximum atomic E-state index is 12.8. The fraction of sp³-hybridized carbons (Fsp3) is 0.300. The highest BCUT2D eigenvalue weighted by Gasteiger charge is 2.18. The van der Waals surface area contributed by atoms with E-state index in [-0.39, 0.29) is 24.3 Å². The van der Waals surface area contributed by atoms with Crippen LogP contribution < -0.4 is 16.0 Å². The summed E-state index contributed by atoms with van der Waals surface area (Å²) >= 11 is 0. The van der Waals surface area contributed by atoms with Crippen LogP contribution in [0.25, 0.3) is 0 Å². The number of amides is 3. The minimum atomic E-state index is -0.331. The number of rotatable bonds is 3. The molecule has 0 radical (unpaired) electrons. The molecule has 0 spiro atoms. The van der Waals surface area contributed by atoms with Gasteiger partial charge in [-0.2, -0.15) is 0 Å². The normalized spacial score (nSPS) is 13.9. The minimum absolute atomic E-state index is 0. The van der Waals surface area contributed by atoms with Crippen LogP contribution in [0.3, 0.4) is 0 Å². The molecule has 2 aromatic rings. The molecule has 7 heteroatoms. The third-order valence-corrected chi connectivity index (χ3v) is 4.39. The molecule has 3 rings (SSSR count). The molecule has 27 heavy (non-hydrogen) atoms. The Morgan fingerprint density at radius 1 is 1.00 bits per heavy atom. The lowest BCUT2D eigenvalue weighted by Crippen LogP contribution is -2.34. The van der Waals surface area contributed by atoms with Crippen LogP contribution in [0.1, 0.15) is 22.3 Å². The second-order valence-electron chi connectivity index (χ2n) is 6.37. The van der Waals surface area contributed by atoms with Crippen molar-refractivity contribution in [3.05, 3.63) is 59.7 Å². The van der Waals surface area contributed by atoms with E-state index in [0.29, 0.717) is 23.5 Å². The molecule has 1 aliphatic rings. The average Bonchev–Trinajstić information content (AvgIpc) is 2.93. The molecular formula is C20H25ClN4O2. The van der Waals surface area contributed by atoms with Gasteiger partial charge in [-0.3, -0.25) is 4.79 Å². The summed E-state index contributed by atoms with van der Waals surface area (Å²) in [6.45, 7) is 5.09. The Morgan fingerprint density at radius 2 is 1.78 bits per heavy atom. The number of anilines is 2. The number of para-hydroxylation sites is 1. The van der Waals surface area contributed by atoms with E-state index in [0.717, 1.165) is 31.6 Å². The molecule has 1 heterocycles. The van der Waals surface area contributed by atoms with Crippen molar-refractivity contribution in [3.63, 3.8) is 0 Å². The highest BCUT2D eigenvalue weighted by Crippen LogP contribution is 2.19. The zero-order valence-corrected chi connectivity index (χ0v) is 16.1. The van der Waals surface area contributed by atoms with Gasteiger partial charge in [0, 0.05) is 36.6 Å². The molecule has 0 aromatic heterocycles. The van der Waals surface area contributed by atoms with E-state index >= 15 is 0 Å². The first-order valence-electron chi connectivity index (χ1n) is 8.87. The number of carbonyl (C=O) groups excluding carboxylic acids is 2. The summed E-state index contributed by atoms with van der Waals surface area (Å²) in [5, 5.41) is 8.91. The summed E-state index contributed by atoms with van der Waals surface area (Å²) < 4.78 is 0. The number of hydrogen-bond donors (Lipinski definition) is 3. The van der Waals surface area contributed by atoms with Crippen molar-refractivity contribution in [3.8, 4) is 0 Å². The number of halogens is 1. The summed E-state index contributed by atoms with van der Waals surface area (Å²) in [7, 11) is 0. The van der Waals surface area contributed by atoms with Crippen molar-refractivity contribution < 1.29 is 9.59 Å². The Hall–Kier alpha value is -2.57. The summed E-state index contributed by atoms with van der Waals surface area (Å²) in [4.78, 5) is 26.9. The highest BCUT2D eigenvalue weighted by atomic mass is 35.5. The molecule has 0 saturated carbocycles. The van der Waals surface area contributed by atoms with E-state index in [1.54, 1.807) is 6.07 Å². The van der Waals surface area contributed by atoms with Crippen LogP contribution in [0.15, 0.2) is 48.5 Å². The Morgan fingerprint density at radius 3 is 2.56 bits per heavy atom. The van der Waals surface area contributed by atoms with Crippen molar-refractivity contribution >= 4 is 35.7 Å². The maximum Gasteiger partial charge on any atom is 0.323 e. The fourth-order valence-electron chi connectivity index (χ4n) is 2.93. The van der Waals surface area contributed by atoms with Crippen LogP contribution >= 0.6 is 12.4 Å². The highest BCUT2D eigenvalue weighted by molar-refractivity contribution is 6.02. The van der Waals surface area contributed by atoms with Crippen LogP contribution in [0, 0.1) is 6.92 Å². The van der Waals surface area contributed by atoms with Crippen LogP contribution in [0.4, 0.5) is 16.2 Å². The van der Waals surface area contributed by atoms with Crippen LogP contribution in [0.2, 0.25) is 0 Å². The van der Waals surface area contributed by atoms with Crippen molar-refractivity contribution in [2.75, 3.05) is 36.8 Å². The number of nitrogens with zero attached hydrogens (tertiary/aromatic N) is 1.